The summed E-state index contributed by atoms with van der Waals surface area (Å²) in [7, 11) is 0. The highest BCUT2D eigenvalue weighted by Crippen LogP contribution is 2.20. The molecule has 1 saturated heterocycles. The molecule has 0 aliphatic carbocycles. The summed E-state index contributed by atoms with van der Waals surface area (Å²) in [6.07, 6.45) is 1.60. The Balaban J connectivity index is 1.91. The van der Waals surface area contributed by atoms with Gasteiger partial charge in [-0.3, -0.25) is 9.59 Å². The Hall–Kier alpha value is -1.96. The predicted octanol–water partition coefficient (Wildman–Crippen LogP) is 1.52. The van der Waals surface area contributed by atoms with Crippen LogP contribution >= 0.6 is 11.8 Å². The zero-order valence-electron chi connectivity index (χ0n) is 10.9. The Morgan fingerprint density at radius 2 is 2.30 bits per heavy atom. The van der Waals surface area contributed by atoms with Crippen molar-refractivity contribution >= 4 is 34.6 Å². The predicted molar refractivity (Wildman–Crippen MR) is 75.2 cm³/mol. The van der Waals surface area contributed by atoms with Crippen molar-refractivity contribution in [2.75, 3.05) is 24.2 Å². The number of carbonyl (C=O) groups excluding carboxylic acids is 2. The number of carboxylic acids is 1. The van der Waals surface area contributed by atoms with E-state index in [0.717, 1.165) is 5.75 Å². The number of aromatic amines is 1. The fourth-order valence-electron chi connectivity index (χ4n) is 1.98. The van der Waals surface area contributed by atoms with E-state index in [1.54, 1.807) is 11.8 Å². The number of nitrogens with one attached hydrogen (secondary N) is 2. The van der Waals surface area contributed by atoms with Crippen LogP contribution in [0.25, 0.3) is 0 Å². The van der Waals surface area contributed by atoms with Crippen molar-refractivity contribution < 1.29 is 19.5 Å². The van der Waals surface area contributed by atoms with Gasteiger partial charge in [0, 0.05) is 37.2 Å². The quantitative estimate of drug-likeness (QED) is 0.764. The number of aromatic carboxylic acids is 1. The normalized spacial score (nSPS) is 14.7. The largest absolute Gasteiger partial charge is 0.478 e. The molecule has 0 spiro atoms. The molecule has 20 heavy (non-hydrogen) atoms. The molecule has 1 aromatic rings. The number of aryl methyl sites for hydroxylation is 1. The Morgan fingerprint density at radius 1 is 1.55 bits per heavy atom. The van der Waals surface area contributed by atoms with Crippen LogP contribution < -0.4 is 5.32 Å². The monoisotopic (exact) mass is 297 g/mol. The van der Waals surface area contributed by atoms with E-state index in [-0.39, 0.29) is 28.8 Å². The molecule has 7 nitrogen and oxygen atoms in total. The Kier molecular flexibility index (Phi) is 4.33. The summed E-state index contributed by atoms with van der Waals surface area (Å²) >= 11 is 1.24. The highest BCUT2D eigenvalue weighted by atomic mass is 32.2. The minimum absolute atomic E-state index is 0.0125. The van der Waals surface area contributed by atoms with Crippen molar-refractivity contribution in [2.45, 2.75) is 13.3 Å². The number of nitrogens with zero attached hydrogens (tertiary/aromatic N) is 1. The van der Waals surface area contributed by atoms with Crippen LogP contribution in [0.3, 0.4) is 0 Å². The van der Waals surface area contributed by atoms with Gasteiger partial charge in [-0.25, -0.2) is 4.79 Å². The summed E-state index contributed by atoms with van der Waals surface area (Å²) in [6.45, 7) is 2.63. The van der Waals surface area contributed by atoms with Gasteiger partial charge >= 0.3 is 5.97 Å². The molecule has 0 aromatic carbocycles. The van der Waals surface area contributed by atoms with E-state index in [4.69, 9.17) is 5.11 Å². The number of thioether (sulfide) groups is 1. The van der Waals surface area contributed by atoms with Gasteiger partial charge in [0.25, 0.3) is 5.24 Å². The Morgan fingerprint density at radius 3 is 2.90 bits per heavy atom. The zero-order valence-corrected chi connectivity index (χ0v) is 11.7. The smallest absolute Gasteiger partial charge is 0.339 e. The second-order valence-electron chi connectivity index (χ2n) is 4.41. The maximum Gasteiger partial charge on any atom is 0.339 e. The van der Waals surface area contributed by atoms with Gasteiger partial charge < -0.3 is 20.3 Å². The second-order valence-corrected chi connectivity index (χ2v) is 5.45. The van der Waals surface area contributed by atoms with Crippen LogP contribution in [-0.4, -0.2) is 50.9 Å². The van der Waals surface area contributed by atoms with E-state index < -0.39 is 5.97 Å². The maximum absolute atomic E-state index is 11.8. The fourth-order valence-corrected chi connectivity index (χ4v) is 2.83. The molecule has 108 valence electrons. The number of amides is 2. The van der Waals surface area contributed by atoms with Gasteiger partial charge in [-0.1, -0.05) is 11.8 Å². The number of aromatic nitrogens is 1. The van der Waals surface area contributed by atoms with Gasteiger partial charge in [0.05, 0.1) is 5.69 Å². The third-order valence-electron chi connectivity index (χ3n) is 3.02. The van der Waals surface area contributed by atoms with E-state index in [1.165, 1.54) is 18.0 Å². The molecule has 0 saturated carbocycles. The zero-order chi connectivity index (χ0) is 14.7. The summed E-state index contributed by atoms with van der Waals surface area (Å²) < 4.78 is 0. The molecule has 1 fully saturated rings. The highest BCUT2D eigenvalue weighted by Gasteiger charge is 2.22. The number of carbonyl (C=O) groups is 3. The lowest BCUT2D eigenvalue weighted by atomic mass is 10.2. The Labute approximate surface area is 119 Å². The summed E-state index contributed by atoms with van der Waals surface area (Å²) in [4.78, 5) is 38.6. The topological polar surface area (TPSA) is 103 Å². The van der Waals surface area contributed by atoms with Gasteiger partial charge in [0.2, 0.25) is 5.91 Å². The van der Waals surface area contributed by atoms with Crippen molar-refractivity contribution in [1.82, 2.24) is 9.88 Å². The van der Waals surface area contributed by atoms with Crippen LogP contribution in [0.15, 0.2) is 6.20 Å². The van der Waals surface area contributed by atoms with Crippen LogP contribution in [0.5, 0.6) is 0 Å². The standard InChI is InChI=1S/C12H15N3O4S/c1-7-10(11(17)18)8(6-13-7)14-9(16)2-3-15-4-5-20-12(15)19/h6,13H,2-5H2,1H3,(H,14,16)(H,17,18). The van der Waals surface area contributed by atoms with Gasteiger partial charge in [0.1, 0.15) is 5.56 Å². The molecule has 0 radical (unpaired) electrons. The number of carboxylic acid groups (broad SMARTS) is 1. The summed E-state index contributed by atoms with van der Waals surface area (Å²) in [5.41, 5.74) is 0.798. The molecule has 2 heterocycles. The van der Waals surface area contributed by atoms with Crippen LogP contribution in [0.1, 0.15) is 22.5 Å². The number of H-pyrrole nitrogens is 1. The van der Waals surface area contributed by atoms with Crippen molar-refractivity contribution in [3.63, 3.8) is 0 Å². The van der Waals surface area contributed by atoms with Gasteiger partial charge in [-0.05, 0) is 6.92 Å². The number of hydrogen-bond donors (Lipinski definition) is 3. The average molecular weight is 297 g/mol. The van der Waals surface area contributed by atoms with Crippen LogP contribution in [0.2, 0.25) is 0 Å². The molecule has 2 rings (SSSR count). The number of anilines is 1. The number of hydrogen-bond acceptors (Lipinski definition) is 4. The molecule has 0 bridgehead atoms. The first-order chi connectivity index (χ1) is 9.49. The van der Waals surface area contributed by atoms with Crippen molar-refractivity contribution in [2.24, 2.45) is 0 Å². The first-order valence-corrected chi connectivity index (χ1v) is 7.10. The van der Waals surface area contributed by atoms with Crippen molar-refractivity contribution in [3.05, 3.63) is 17.5 Å². The summed E-state index contributed by atoms with van der Waals surface area (Å²) in [5.74, 6) is -0.651. The SMILES string of the molecule is Cc1[nH]cc(NC(=O)CCN2CCSC2=O)c1C(=O)O. The molecular weight excluding hydrogens is 282 g/mol. The third kappa shape index (κ3) is 3.13. The van der Waals surface area contributed by atoms with E-state index in [2.05, 4.69) is 10.3 Å². The lowest BCUT2D eigenvalue weighted by Crippen LogP contribution is -2.27. The van der Waals surface area contributed by atoms with Crippen molar-refractivity contribution in [3.8, 4) is 0 Å². The Bertz CT molecular complexity index is 555. The molecule has 1 aromatic heterocycles. The molecular formula is C12H15N3O4S. The third-order valence-corrected chi connectivity index (χ3v) is 3.91. The van der Waals surface area contributed by atoms with Crippen LogP contribution in [0, 0.1) is 6.92 Å². The summed E-state index contributed by atoms with van der Waals surface area (Å²) in [5, 5.41) is 11.6. The van der Waals surface area contributed by atoms with Gasteiger partial charge in [0.15, 0.2) is 0 Å². The van der Waals surface area contributed by atoms with Gasteiger partial charge in [-0.15, -0.1) is 0 Å². The lowest BCUT2D eigenvalue weighted by molar-refractivity contribution is -0.116. The minimum atomic E-state index is -1.09. The average Bonchev–Trinajstić information content (AvgIpc) is 2.93. The van der Waals surface area contributed by atoms with E-state index in [1.807, 2.05) is 0 Å². The summed E-state index contributed by atoms with van der Waals surface area (Å²) in [6, 6.07) is 0. The molecule has 8 heteroatoms. The van der Waals surface area contributed by atoms with Crippen LogP contribution in [0.4, 0.5) is 10.5 Å². The first kappa shape index (κ1) is 14.4. The molecule has 0 atom stereocenters. The second kappa shape index (κ2) is 6.00. The van der Waals surface area contributed by atoms with E-state index in [9.17, 15) is 14.4 Å². The van der Waals surface area contributed by atoms with E-state index in [0.29, 0.717) is 18.8 Å². The molecule has 3 N–H and O–H groups in total. The lowest BCUT2D eigenvalue weighted by Gasteiger charge is -2.13. The van der Waals surface area contributed by atoms with Crippen molar-refractivity contribution in [1.29, 1.82) is 0 Å². The minimum Gasteiger partial charge on any atom is -0.478 e. The maximum atomic E-state index is 11.8. The van der Waals surface area contributed by atoms with Crippen LogP contribution in [-0.2, 0) is 4.79 Å². The van der Waals surface area contributed by atoms with Gasteiger partial charge in [-0.2, -0.15) is 0 Å². The van der Waals surface area contributed by atoms with E-state index >= 15 is 0 Å². The highest BCUT2D eigenvalue weighted by molar-refractivity contribution is 8.13. The number of rotatable bonds is 5. The molecule has 0 unspecified atom stereocenters. The first-order valence-electron chi connectivity index (χ1n) is 6.12. The molecule has 2 amide bonds. The fraction of sp³-hybridized carbons (Fsp3) is 0.417. The molecule has 1 aliphatic rings. The molecule has 1 aliphatic heterocycles.